The van der Waals surface area contributed by atoms with E-state index in [1.807, 2.05) is 23.1 Å². The lowest BCUT2D eigenvalue weighted by Gasteiger charge is -2.12. The van der Waals surface area contributed by atoms with Crippen molar-refractivity contribution in [2.24, 2.45) is 5.73 Å². The Labute approximate surface area is 140 Å². The molecule has 124 valence electrons. The molecule has 0 saturated heterocycles. The lowest BCUT2D eigenvalue weighted by molar-refractivity contribution is 0.428. The number of nitrogens with two attached hydrogens (primary N) is 1. The van der Waals surface area contributed by atoms with Crippen molar-refractivity contribution in [1.82, 2.24) is 24.4 Å². The van der Waals surface area contributed by atoms with E-state index in [-0.39, 0.29) is 0 Å². The maximum atomic E-state index is 7.49. The summed E-state index contributed by atoms with van der Waals surface area (Å²) in [5, 5.41) is 16.3. The van der Waals surface area contributed by atoms with E-state index in [0.29, 0.717) is 17.3 Å². The molecule has 0 aliphatic rings. The van der Waals surface area contributed by atoms with Crippen molar-refractivity contribution >= 4 is 17.3 Å². The highest BCUT2D eigenvalue weighted by Crippen LogP contribution is 2.26. The molecule has 3 rings (SSSR count). The molecule has 24 heavy (non-hydrogen) atoms. The molecule has 0 aliphatic carbocycles. The lowest BCUT2D eigenvalue weighted by atomic mass is 10.1. The van der Waals surface area contributed by atoms with Crippen molar-refractivity contribution in [2.75, 3.05) is 0 Å². The first kappa shape index (κ1) is 15.9. The molecule has 0 aromatic carbocycles. The molecule has 0 atom stereocenters. The number of rotatable bonds is 6. The molecule has 0 radical (unpaired) electrons. The molecule has 0 saturated carbocycles. The van der Waals surface area contributed by atoms with E-state index < -0.39 is 0 Å². The molecule has 0 fully saturated rings. The predicted molar refractivity (Wildman–Crippen MR) is 94.8 cm³/mol. The van der Waals surface area contributed by atoms with Crippen LogP contribution in [0.4, 0.5) is 0 Å². The molecule has 3 aromatic heterocycles. The van der Waals surface area contributed by atoms with Crippen molar-refractivity contribution in [2.45, 2.75) is 32.7 Å². The van der Waals surface area contributed by atoms with Gasteiger partial charge in [-0.25, -0.2) is 9.50 Å². The standard InChI is InChI=1S/C17H21N7/c1-3-14(4-2)23-10-13(9-21-23)17-16-5-6-20-24(16)11-15(22-17)12(7-18)8-19/h5-11,14,18H,3-4,19H2,1-2H3/b12-8+,18-7?. The Kier molecular flexibility index (Phi) is 4.41. The maximum Gasteiger partial charge on any atom is 0.0999 e. The van der Waals surface area contributed by atoms with Gasteiger partial charge in [-0.15, -0.1) is 0 Å². The Hall–Kier alpha value is -2.96. The zero-order chi connectivity index (χ0) is 17.1. The molecule has 3 aromatic rings. The van der Waals surface area contributed by atoms with Crippen LogP contribution < -0.4 is 5.73 Å². The van der Waals surface area contributed by atoms with Crippen LogP contribution in [0.5, 0.6) is 0 Å². The quantitative estimate of drug-likeness (QED) is 0.681. The molecule has 0 unspecified atom stereocenters. The highest BCUT2D eigenvalue weighted by molar-refractivity contribution is 6.07. The van der Waals surface area contributed by atoms with Gasteiger partial charge in [0.25, 0.3) is 0 Å². The van der Waals surface area contributed by atoms with E-state index in [2.05, 4.69) is 24.0 Å². The first-order chi connectivity index (χ1) is 11.7. The molecule has 0 aliphatic heterocycles. The van der Waals surface area contributed by atoms with Crippen LogP contribution in [0.25, 0.3) is 22.3 Å². The minimum Gasteiger partial charge on any atom is -0.404 e. The number of nitrogens with zero attached hydrogens (tertiary/aromatic N) is 5. The van der Waals surface area contributed by atoms with Crippen LogP contribution in [0.1, 0.15) is 38.4 Å². The van der Waals surface area contributed by atoms with Crippen molar-refractivity contribution < 1.29 is 0 Å². The third-order valence-electron chi connectivity index (χ3n) is 4.21. The first-order valence-corrected chi connectivity index (χ1v) is 8.03. The normalized spacial score (nSPS) is 12.2. The van der Waals surface area contributed by atoms with Gasteiger partial charge in [0.15, 0.2) is 0 Å². The fourth-order valence-corrected chi connectivity index (χ4v) is 2.81. The summed E-state index contributed by atoms with van der Waals surface area (Å²) in [6, 6.07) is 2.29. The van der Waals surface area contributed by atoms with Gasteiger partial charge in [0.05, 0.1) is 41.5 Å². The SMILES string of the molecule is CCC(CC)n1cc(-c2nc(/C(C=N)=C/N)cn3nccc23)cn1. The summed E-state index contributed by atoms with van der Waals surface area (Å²) in [6.45, 7) is 4.32. The van der Waals surface area contributed by atoms with Gasteiger partial charge in [-0.1, -0.05) is 13.8 Å². The van der Waals surface area contributed by atoms with Crippen LogP contribution in [0.15, 0.2) is 37.1 Å². The van der Waals surface area contributed by atoms with Gasteiger partial charge < -0.3 is 11.1 Å². The van der Waals surface area contributed by atoms with E-state index >= 15 is 0 Å². The van der Waals surface area contributed by atoms with Gasteiger partial charge in [-0.2, -0.15) is 10.2 Å². The zero-order valence-electron chi connectivity index (χ0n) is 13.8. The second-order valence-electron chi connectivity index (χ2n) is 5.58. The van der Waals surface area contributed by atoms with Crippen LogP contribution >= 0.6 is 0 Å². The van der Waals surface area contributed by atoms with Crippen molar-refractivity contribution in [1.29, 1.82) is 5.41 Å². The van der Waals surface area contributed by atoms with Gasteiger partial charge in [0.1, 0.15) is 0 Å². The van der Waals surface area contributed by atoms with Crippen molar-refractivity contribution in [3.8, 4) is 11.3 Å². The number of fused-ring (bicyclic) bond motifs is 1. The summed E-state index contributed by atoms with van der Waals surface area (Å²) < 4.78 is 3.74. The second kappa shape index (κ2) is 6.66. The third-order valence-corrected chi connectivity index (χ3v) is 4.21. The van der Waals surface area contributed by atoms with Gasteiger partial charge in [-0.3, -0.25) is 4.68 Å². The molecule has 3 N–H and O–H groups in total. The zero-order valence-corrected chi connectivity index (χ0v) is 13.8. The Bertz CT molecular complexity index is 883. The van der Waals surface area contributed by atoms with E-state index in [9.17, 15) is 0 Å². The van der Waals surface area contributed by atoms with E-state index in [1.165, 1.54) is 12.4 Å². The predicted octanol–water partition coefficient (Wildman–Crippen LogP) is 2.90. The van der Waals surface area contributed by atoms with E-state index in [0.717, 1.165) is 29.6 Å². The Morgan fingerprint density at radius 3 is 2.75 bits per heavy atom. The molecule has 0 spiro atoms. The third kappa shape index (κ3) is 2.68. The molecule has 0 amide bonds. The Morgan fingerprint density at radius 2 is 2.08 bits per heavy atom. The summed E-state index contributed by atoms with van der Waals surface area (Å²) in [5.74, 6) is 0. The van der Waals surface area contributed by atoms with Crippen LogP contribution in [0.3, 0.4) is 0 Å². The van der Waals surface area contributed by atoms with Crippen LogP contribution in [0.2, 0.25) is 0 Å². The van der Waals surface area contributed by atoms with E-state index in [1.54, 1.807) is 16.9 Å². The number of aromatic nitrogens is 5. The van der Waals surface area contributed by atoms with Crippen LogP contribution in [0, 0.1) is 5.41 Å². The average Bonchev–Trinajstić information content (AvgIpc) is 3.26. The summed E-state index contributed by atoms with van der Waals surface area (Å²) in [7, 11) is 0. The summed E-state index contributed by atoms with van der Waals surface area (Å²) in [6.07, 6.45) is 12.0. The van der Waals surface area contributed by atoms with Crippen molar-refractivity contribution in [3.63, 3.8) is 0 Å². The van der Waals surface area contributed by atoms with E-state index in [4.69, 9.17) is 16.1 Å². The average molecular weight is 323 g/mol. The number of nitrogens with one attached hydrogen (secondary N) is 1. The lowest BCUT2D eigenvalue weighted by Crippen LogP contribution is -2.06. The largest absolute Gasteiger partial charge is 0.404 e. The van der Waals surface area contributed by atoms with Crippen LogP contribution in [-0.2, 0) is 0 Å². The topological polar surface area (TPSA) is 97.9 Å². The maximum absolute atomic E-state index is 7.49. The second-order valence-corrected chi connectivity index (χ2v) is 5.58. The highest BCUT2D eigenvalue weighted by atomic mass is 15.3. The smallest absolute Gasteiger partial charge is 0.0999 e. The summed E-state index contributed by atoms with van der Waals surface area (Å²) in [5.41, 5.74) is 9.35. The molecule has 3 heterocycles. The molecule has 7 nitrogen and oxygen atoms in total. The summed E-state index contributed by atoms with van der Waals surface area (Å²) in [4.78, 5) is 4.70. The Balaban J connectivity index is 2.15. The highest BCUT2D eigenvalue weighted by Gasteiger charge is 2.15. The number of hydrogen-bond donors (Lipinski definition) is 2. The minimum absolute atomic E-state index is 0.379. The molecular weight excluding hydrogens is 302 g/mol. The fourth-order valence-electron chi connectivity index (χ4n) is 2.81. The molecule has 0 bridgehead atoms. The van der Waals surface area contributed by atoms with Gasteiger partial charge in [0, 0.05) is 29.7 Å². The number of allylic oxidation sites excluding steroid dienone is 1. The molecule has 7 heteroatoms. The monoisotopic (exact) mass is 323 g/mol. The number of hydrogen-bond acceptors (Lipinski definition) is 5. The van der Waals surface area contributed by atoms with Crippen LogP contribution in [-0.4, -0.2) is 30.6 Å². The van der Waals surface area contributed by atoms with Gasteiger partial charge >= 0.3 is 0 Å². The van der Waals surface area contributed by atoms with Crippen molar-refractivity contribution in [3.05, 3.63) is 42.7 Å². The fraction of sp³-hybridized carbons (Fsp3) is 0.294. The minimum atomic E-state index is 0.379. The summed E-state index contributed by atoms with van der Waals surface area (Å²) >= 11 is 0. The van der Waals surface area contributed by atoms with Gasteiger partial charge in [0.2, 0.25) is 0 Å². The first-order valence-electron chi connectivity index (χ1n) is 8.03. The van der Waals surface area contributed by atoms with Gasteiger partial charge in [-0.05, 0) is 18.9 Å². The Morgan fingerprint density at radius 1 is 1.29 bits per heavy atom. The molecular formula is C17H21N7.